The highest BCUT2D eigenvalue weighted by Gasteiger charge is 2.54. The van der Waals surface area contributed by atoms with Crippen molar-refractivity contribution in [2.45, 2.75) is 76.0 Å². The molecule has 0 atom stereocenters. The number of amides is 2. The SMILES string of the molecule is CCN(CC(=O)NC(C)C)C(=O)C1(S(=O)(=O)c2cc(C)ccc2C)CCCC1. The van der Waals surface area contributed by atoms with E-state index in [9.17, 15) is 18.0 Å². The van der Waals surface area contributed by atoms with Crippen LogP contribution >= 0.6 is 0 Å². The molecule has 2 amide bonds. The maximum atomic E-state index is 13.7. The first-order valence-corrected chi connectivity index (χ1v) is 11.4. The Hall–Kier alpha value is -1.89. The molecule has 1 aromatic rings. The van der Waals surface area contributed by atoms with Crippen molar-refractivity contribution in [3.8, 4) is 0 Å². The number of aryl methyl sites for hydroxylation is 2. The number of hydrogen-bond donors (Lipinski definition) is 1. The second kappa shape index (κ2) is 8.64. The van der Waals surface area contributed by atoms with Gasteiger partial charge in [0.25, 0.3) is 0 Å². The van der Waals surface area contributed by atoms with E-state index in [0.29, 0.717) is 31.2 Å². The topological polar surface area (TPSA) is 83.6 Å². The smallest absolute Gasteiger partial charge is 0.244 e. The van der Waals surface area contributed by atoms with Crippen LogP contribution in [0.3, 0.4) is 0 Å². The van der Waals surface area contributed by atoms with Crippen molar-refractivity contribution in [2.24, 2.45) is 0 Å². The van der Waals surface area contributed by atoms with E-state index in [0.717, 1.165) is 5.56 Å². The summed E-state index contributed by atoms with van der Waals surface area (Å²) in [5.41, 5.74) is 1.48. The van der Waals surface area contributed by atoms with Crippen LogP contribution < -0.4 is 5.32 Å². The number of carbonyl (C=O) groups excluding carboxylic acids is 2. The van der Waals surface area contributed by atoms with E-state index < -0.39 is 20.5 Å². The van der Waals surface area contributed by atoms with Crippen molar-refractivity contribution in [1.29, 1.82) is 0 Å². The van der Waals surface area contributed by atoms with Gasteiger partial charge in [0.1, 0.15) is 0 Å². The third kappa shape index (κ3) is 4.24. The van der Waals surface area contributed by atoms with Crippen LogP contribution in [0.1, 0.15) is 57.6 Å². The van der Waals surface area contributed by atoms with E-state index in [2.05, 4.69) is 5.32 Å². The number of benzene rings is 1. The predicted molar refractivity (Wildman–Crippen MR) is 110 cm³/mol. The minimum absolute atomic E-state index is 0.0413. The lowest BCUT2D eigenvalue weighted by Gasteiger charge is -2.34. The van der Waals surface area contributed by atoms with Crippen LogP contribution in [-0.4, -0.2) is 49.0 Å². The number of likely N-dealkylation sites (N-methyl/N-ethyl adjacent to an activating group) is 1. The number of nitrogens with one attached hydrogen (secondary N) is 1. The molecule has 0 unspecified atom stereocenters. The van der Waals surface area contributed by atoms with Crippen molar-refractivity contribution in [3.63, 3.8) is 0 Å². The van der Waals surface area contributed by atoms with E-state index in [1.807, 2.05) is 26.8 Å². The zero-order chi connectivity index (χ0) is 21.1. The Morgan fingerprint density at radius 1 is 1.18 bits per heavy atom. The quantitative estimate of drug-likeness (QED) is 0.752. The molecule has 0 radical (unpaired) electrons. The standard InChI is InChI=1S/C21H32N2O4S/c1-6-23(14-19(24)22-15(2)3)20(25)21(11-7-8-12-21)28(26,27)18-13-16(4)9-10-17(18)5/h9-10,13,15H,6-8,11-12,14H2,1-5H3,(H,22,24). The van der Waals surface area contributed by atoms with Crippen LogP contribution in [0.4, 0.5) is 0 Å². The average molecular weight is 409 g/mol. The third-order valence-electron chi connectivity index (χ3n) is 5.40. The molecule has 1 saturated carbocycles. The molecule has 1 aliphatic rings. The Bertz CT molecular complexity index is 840. The molecule has 1 aliphatic carbocycles. The third-order valence-corrected chi connectivity index (χ3v) is 8.03. The number of hydrogen-bond acceptors (Lipinski definition) is 4. The minimum atomic E-state index is -3.89. The molecule has 1 N–H and O–H groups in total. The van der Waals surface area contributed by atoms with Gasteiger partial charge in [-0.25, -0.2) is 8.42 Å². The lowest BCUT2D eigenvalue weighted by atomic mass is 10.1. The van der Waals surface area contributed by atoms with Gasteiger partial charge in [-0.2, -0.15) is 0 Å². The van der Waals surface area contributed by atoms with E-state index in [1.165, 1.54) is 4.90 Å². The average Bonchev–Trinajstić information content (AvgIpc) is 3.12. The Morgan fingerprint density at radius 3 is 2.32 bits per heavy atom. The molecule has 0 bridgehead atoms. The fourth-order valence-corrected chi connectivity index (χ4v) is 6.35. The molecule has 6 nitrogen and oxygen atoms in total. The highest BCUT2D eigenvalue weighted by molar-refractivity contribution is 7.93. The Morgan fingerprint density at radius 2 is 1.79 bits per heavy atom. The van der Waals surface area contributed by atoms with Crippen LogP contribution in [0, 0.1) is 13.8 Å². The minimum Gasteiger partial charge on any atom is -0.352 e. The number of rotatable bonds is 7. The Balaban J connectivity index is 2.45. The number of sulfone groups is 1. The summed E-state index contributed by atoms with van der Waals surface area (Å²) in [5.74, 6) is -0.727. The van der Waals surface area contributed by atoms with Crippen molar-refractivity contribution in [1.82, 2.24) is 10.2 Å². The van der Waals surface area contributed by atoms with Crippen molar-refractivity contribution in [3.05, 3.63) is 29.3 Å². The predicted octanol–water partition coefficient (Wildman–Crippen LogP) is 2.76. The monoisotopic (exact) mass is 408 g/mol. The molecular formula is C21H32N2O4S. The van der Waals surface area contributed by atoms with E-state index in [1.54, 1.807) is 26.0 Å². The first-order chi connectivity index (χ1) is 13.0. The number of nitrogens with zero attached hydrogens (tertiary/aromatic N) is 1. The first-order valence-electron chi connectivity index (χ1n) is 9.96. The summed E-state index contributed by atoms with van der Waals surface area (Å²) in [4.78, 5) is 27.3. The van der Waals surface area contributed by atoms with E-state index in [4.69, 9.17) is 0 Å². The largest absolute Gasteiger partial charge is 0.352 e. The fraction of sp³-hybridized carbons (Fsp3) is 0.619. The molecule has 0 aromatic heterocycles. The second-order valence-corrected chi connectivity index (χ2v) is 10.2. The molecule has 0 spiro atoms. The molecule has 2 rings (SSSR count). The van der Waals surface area contributed by atoms with E-state index >= 15 is 0 Å². The molecule has 28 heavy (non-hydrogen) atoms. The van der Waals surface area contributed by atoms with Gasteiger partial charge in [0, 0.05) is 12.6 Å². The number of carbonyl (C=O) groups is 2. The summed E-state index contributed by atoms with van der Waals surface area (Å²) < 4.78 is 25.9. The lowest BCUT2D eigenvalue weighted by Crippen LogP contribution is -2.54. The van der Waals surface area contributed by atoms with Crippen LogP contribution in [0.2, 0.25) is 0 Å². The van der Waals surface area contributed by atoms with Crippen LogP contribution in [0.15, 0.2) is 23.1 Å². The van der Waals surface area contributed by atoms with Gasteiger partial charge in [-0.1, -0.05) is 25.0 Å². The molecule has 0 saturated heterocycles. The summed E-state index contributed by atoms with van der Waals surface area (Å²) in [6.07, 6.45) is 1.96. The van der Waals surface area contributed by atoms with Crippen LogP contribution in [0.25, 0.3) is 0 Å². The summed E-state index contributed by atoms with van der Waals surface area (Å²) in [6, 6.07) is 5.26. The first kappa shape index (κ1) is 22.4. The van der Waals surface area contributed by atoms with Crippen LogP contribution in [-0.2, 0) is 19.4 Å². The molecule has 1 aromatic carbocycles. The van der Waals surface area contributed by atoms with Gasteiger partial charge in [0.15, 0.2) is 14.6 Å². The van der Waals surface area contributed by atoms with Gasteiger partial charge in [-0.15, -0.1) is 0 Å². The van der Waals surface area contributed by atoms with Gasteiger partial charge in [-0.3, -0.25) is 9.59 Å². The van der Waals surface area contributed by atoms with Gasteiger partial charge < -0.3 is 10.2 Å². The highest BCUT2D eigenvalue weighted by atomic mass is 32.2. The maximum Gasteiger partial charge on any atom is 0.244 e. The lowest BCUT2D eigenvalue weighted by molar-refractivity contribution is -0.138. The van der Waals surface area contributed by atoms with Gasteiger partial charge >= 0.3 is 0 Å². The Labute approximate surface area is 168 Å². The van der Waals surface area contributed by atoms with Gasteiger partial charge in [0.05, 0.1) is 11.4 Å². The second-order valence-electron chi connectivity index (χ2n) is 8.02. The Kier molecular flexibility index (Phi) is 6.91. The molecule has 0 heterocycles. The van der Waals surface area contributed by atoms with Crippen LogP contribution in [0.5, 0.6) is 0 Å². The maximum absolute atomic E-state index is 13.7. The summed E-state index contributed by atoms with van der Waals surface area (Å²) in [6.45, 7) is 9.22. The summed E-state index contributed by atoms with van der Waals surface area (Å²) in [5, 5.41) is 2.77. The van der Waals surface area contributed by atoms with Crippen molar-refractivity contribution >= 4 is 21.7 Å². The molecule has 1 fully saturated rings. The van der Waals surface area contributed by atoms with Crippen molar-refractivity contribution < 1.29 is 18.0 Å². The summed E-state index contributed by atoms with van der Waals surface area (Å²) in [7, 11) is -3.89. The molecule has 0 aliphatic heterocycles. The van der Waals surface area contributed by atoms with Gasteiger partial charge in [-0.05, 0) is 64.7 Å². The molecule has 156 valence electrons. The fourth-order valence-electron chi connectivity index (χ4n) is 3.91. The summed E-state index contributed by atoms with van der Waals surface area (Å²) >= 11 is 0. The normalized spacial score (nSPS) is 16.2. The molecular weight excluding hydrogens is 376 g/mol. The van der Waals surface area contributed by atoms with E-state index in [-0.39, 0.29) is 29.9 Å². The zero-order valence-electron chi connectivity index (χ0n) is 17.5. The highest BCUT2D eigenvalue weighted by Crippen LogP contribution is 2.42. The zero-order valence-corrected chi connectivity index (χ0v) is 18.4. The molecule has 7 heteroatoms. The van der Waals surface area contributed by atoms with Gasteiger partial charge in [0.2, 0.25) is 11.8 Å². The van der Waals surface area contributed by atoms with Crippen molar-refractivity contribution in [2.75, 3.05) is 13.1 Å².